The highest BCUT2D eigenvalue weighted by atomic mass is 35.5. The molecule has 7 heteroatoms. The van der Waals surface area contributed by atoms with E-state index in [1.165, 1.54) is 0 Å². The quantitative estimate of drug-likeness (QED) is 0.558. The molecule has 0 spiro atoms. The van der Waals surface area contributed by atoms with Gasteiger partial charge in [0, 0.05) is 30.3 Å². The van der Waals surface area contributed by atoms with Crippen LogP contribution in [0.5, 0.6) is 0 Å². The van der Waals surface area contributed by atoms with Crippen LogP contribution in [0.25, 0.3) is 10.2 Å². The molecule has 0 saturated carbocycles. The standard InChI is InChI=1S/C21H20Cl2N2O2S/c1-25(13-19-24-17-4-2-3-5-18(17)28-19)20(26)21(8-10-27-11-9-21)15-7-6-14(22)12-16(15)23/h2-7,12H,8-11,13H2,1H3. The number of thiazole rings is 1. The first-order chi connectivity index (χ1) is 13.5. The molecule has 1 fully saturated rings. The Labute approximate surface area is 178 Å². The van der Waals surface area contributed by atoms with Crippen molar-refractivity contribution in [2.45, 2.75) is 24.8 Å². The topological polar surface area (TPSA) is 42.4 Å². The molecular formula is C21H20Cl2N2O2S. The summed E-state index contributed by atoms with van der Waals surface area (Å²) in [6.07, 6.45) is 1.19. The molecule has 3 aromatic rings. The fourth-order valence-corrected chi connectivity index (χ4v) is 5.43. The predicted octanol–water partition coefficient (Wildman–Crippen LogP) is 5.31. The lowest BCUT2D eigenvalue weighted by Gasteiger charge is -2.39. The Morgan fingerprint density at radius 1 is 1.21 bits per heavy atom. The summed E-state index contributed by atoms with van der Waals surface area (Å²) in [6.45, 7) is 1.52. The van der Waals surface area contributed by atoms with Crippen LogP contribution in [0.15, 0.2) is 42.5 Å². The zero-order valence-electron chi connectivity index (χ0n) is 15.5. The first-order valence-electron chi connectivity index (χ1n) is 9.13. The third-order valence-electron chi connectivity index (χ3n) is 5.26. The average molecular weight is 435 g/mol. The van der Waals surface area contributed by atoms with Crippen molar-refractivity contribution in [2.24, 2.45) is 0 Å². The third-order valence-corrected chi connectivity index (χ3v) is 6.83. The van der Waals surface area contributed by atoms with Crippen LogP contribution in [0.3, 0.4) is 0 Å². The molecule has 0 atom stereocenters. The first kappa shape index (κ1) is 19.6. The van der Waals surface area contributed by atoms with Gasteiger partial charge in [-0.15, -0.1) is 11.3 Å². The van der Waals surface area contributed by atoms with Crippen LogP contribution in [-0.4, -0.2) is 36.1 Å². The molecule has 146 valence electrons. The number of nitrogens with zero attached hydrogens (tertiary/aromatic N) is 2. The Morgan fingerprint density at radius 3 is 2.68 bits per heavy atom. The molecule has 0 unspecified atom stereocenters. The Kier molecular flexibility index (Phi) is 5.61. The number of aromatic nitrogens is 1. The molecule has 2 aromatic carbocycles. The Hall–Kier alpha value is -1.66. The first-order valence-corrected chi connectivity index (χ1v) is 10.7. The molecule has 0 bridgehead atoms. The number of benzene rings is 2. The number of ether oxygens (including phenoxy) is 1. The summed E-state index contributed by atoms with van der Waals surface area (Å²) in [5.74, 6) is 0.0410. The zero-order chi connectivity index (χ0) is 19.7. The molecule has 0 aliphatic carbocycles. The average Bonchev–Trinajstić information content (AvgIpc) is 3.10. The maximum atomic E-state index is 13.6. The van der Waals surface area contributed by atoms with Crippen LogP contribution in [0, 0.1) is 0 Å². The second kappa shape index (κ2) is 7.99. The summed E-state index contributed by atoms with van der Waals surface area (Å²) in [5.41, 5.74) is 1.08. The van der Waals surface area contributed by atoms with E-state index in [1.54, 1.807) is 28.4 Å². The molecule has 4 rings (SSSR count). The summed E-state index contributed by atoms with van der Waals surface area (Å²) >= 11 is 14.2. The van der Waals surface area contributed by atoms with Gasteiger partial charge in [-0.25, -0.2) is 4.98 Å². The van der Waals surface area contributed by atoms with Crippen molar-refractivity contribution in [3.63, 3.8) is 0 Å². The molecule has 0 N–H and O–H groups in total. The molecule has 1 aromatic heterocycles. The lowest BCUT2D eigenvalue weighted by molar-refractivity contribution is -0.140. The van der Waals surface area contributed by atoms with Crippen molar-refractivity contribution < 1.29 is 9.53 Å². The molecule has 1 saturated heterocycles. The summed E-state index contributed by atoms with van der Waals surface area (Å²) in [5, 5.41) is 2.00. The highest BCUT2D eigenvalue weighted by Gasteiger charge is 2.44. The summed E-state index contributed by atoms with van der Waals surface area (Å²) in [7, 11) is 1.83. The fraction of sp³-hybridized carbons (Fsp3) is 0.333. The van der Waals surface area contributed by atoms with E-state index in [0.717, 1.165) is 20.8 Å². The second-order valence-corrected chi connectivity index (χ2v) is 9.01. The van der Waals surface area contributed by atoms with Gasteiger partial charge in [0.15, 0.2) is 0 Å². The van der Waals surface area contributed by atoms with Gasteiger partial charge >= 0.3 is 0 Å². The zero-order valence-corrected chi connectivity index (χ0v) is 17.8. The molecule has 1 aliphatic rings. The fourth-order valence-electron chi connectivity index (χ4n) is 3.82. The molecule has 2 heterocycles. The minimum atomic E-state index is -0.703. The van der Waals surface area contributed by atoms with Crippen LogP contribution in [0.4, 0.5) is 0 Å². The lowest BCUT2D eigenvalue weighted by atomic mass is 9.73. The van der Waals surface area contributed by atoms with E-state index >= 15 is 0 Å². The van der Waals surface area contributed by atoms with E-state index < -0.39 is 5.41 Å². The van der Waals surface area contributed by atoms with Gasteiger partial charge in [-0.2, -0.15) is 0 Å². The van der Waals surface area contributed by atoms with Gasteiger partial charge in [0.1, 0.15) is 5.01 Å². The van der Waals surface area contributed by atoms with E-state index in [4.69, 9.17) is 27.9 Å². The van der Waals surface area contributed by atoms with Gasteiger partial charge in [0.25, 0.3) is 0 Å². The Morgan fingerprint density at radius 2 is 1.96 bits per heavy atom. The monoisotopic (exact) mass is 434 g/mol. The summed E-state index contributed by atoms with van der Waals surface area (Å²) in [4.78, 5) is 20.1. The van der Waals surface area contributed by atoms with Crippen molar-refractivity contribution in [3.05, 3.63) is 63.1 Å². The number of likely N-dealkylation sites (N-methyl/N-ethyl adjacent to an activating group) is 1. The van der Waals surface area contributed by atoms with Crippen LogP contribution in [0.1, 0.15) is 23.4 Å². The van der Waals surface area contributed by atoms with Crippen molar-refractivity contribution in [1.29, 1.82) is 0 Å². The van der Waals surface area contributed by atoms with Gasteiger partial charge in [0.2, 0.25) is 5.91 Å². The number of para-hydroxylation sites is 1. The normalized spacial score (nSPS) is 16.2. The van der Waals surface area contributed by atoms with Gasteiger partial charge in [-0.05, 0) is 42.7 Å². The minimum Gasteiger partial charge on any atom is -0.381 e. The number of amides is 1. The predicted molar refractivity (Wildman–Crippen MR) is 114 cm³/mol. The van der Waals surface area contributed by atoms with E-state index in [9.17, 15) is 4.79 Å². The second-order valence-electron chi connectivity index (χ2n) is 7.06. The third kappa shape index (κ3) is 3.64. The van der Waals surface area contributed by atoms with Crippen molar-refractivity contribution in [3.8, 4) is 0 Å². The number of halogens is 2. The number of rotatable bonds is 4. The van der Waals surface area contributed by atoms with Crippen molar-refractivity contribution in [2.75, 3.05) is 20.3 Å². The van der Waals surface area contributed by atoms with Crippen LogP contribution in [-0.2, 0) is 21.5 Å². The molecule has 1 amide bonds. The van der Waals surface area contributed by atoms with Crippen molar-refractivity contribution >= 4 is 50.7 Å². The highest BCUT2D eigenvalue weighted by Crippen LogP contribution is 2.41. The van der Waals surface area contributed by atoms with Crippen LogP contribution < -0.4 is 0 Å². The SMILES string of the molecule is CN(Cc1nc2ccccc2s1)C(=O)C1(c2ccc(Cl)cc2Cl)CCOCC1. The number of carbonyl (C=O) groups excluding carboxylic acids is 1. The maximum Gasteiger partial charge on any atom is 0.233 e. The van der Waals surface area contributed by atoms with E-state index in [0.29, 0.717) is 42.6 Å². The minimum absolute atomic E-state index is 0.0410. The largest absolute Gasteiger partial charge is 0.381 e. The van der Waals surface area contributed by atoms with Gasteiger partial charge in [-0.1, -0.05) is 41.4 Å². The molecular weight excluding hydrogens is 415 g/mol. The van der Waals surface area contributed by atoms with Crippen LogP contribution >= 0.6 is 34.5 Å². The van der Waals surface area contributed by atoms with Crippen molar-refractivity contribution in [1.82, 2.24) is 9.88 Å². The van der Waals surface area contributed by atoms with Gasteiger partial charge < -0.3 is 9.64 Å². The van der Waals surface area contributed by atoms with E-state index in [2.05, 4.69) is 4.98 Å². The molecule has 1 aliphatic heterocycles. The summed E-state index contributed by atoms with van der Waals surface area (Å²) < 4.78 is 6.67. The van der Waals surface area contributed by atoms with E-state index in [-0.39, 0.29) is 5.91 Å². The van der Waals surface area contributed by atoms with Gasteiger partial charge in [-0.3, -0.25) is 4.79 Å². The molecule has 4 nitrogen and oxygen atoms in total. The Balaban J connectivity index is 1.65. The molecule has 0 radical (unpaired) electrons. The smallest absolute Gasteiger partial charge is 0.233 e. The lowest BCUT2D eigenvalue weighted by Crippen LogP contribution is -2.48. The molecule has 28 heavy (non-hydrogen) atoms. The Bertz CT molecular complexity index is 982. The van der Waals surface area contributed by atoms with Crippen LogP contribution in [0.2, 0.25) is 10.0 Å². The maximum absolute atomic E-state index is 13.6. The van der Waals surface area contributed by atoms with Gasteiger partial charge in [0.05, 0.1) is 22.2 Å². The summed E-state index contributed by atoms with van der Waals surface area (Å²) in [6, 6.07) is 13.4. The number of carbonyl (C=O) groups is 1. The van der Waals surface area contributed by atoms with E-state index in [1.807, 2.05) is 37.4 Å². The number of fused-ring (bicyclic) bond motifs is 1. The number of hydrogen-bond acceptors (Lipinski definition) is 4. The number of hydrogen-bond donors (Lipinski definition) is 0. The highest BCUT2D eigenvalue weighted by molar-refractivity contribution is 7.18.